The molecule has 0 atom stereocenters. The molecule has 2 rings (SSSR count). The van der Waals surface area contributed by atoms with Gasteiger partial charge in [-0.1, -0.05) is 29.8 Å². The van der Waals surface area contributed by atoms with E-state index in [9.17, 15) is 12.8 Å². The summed E-state index contributed by atoms with van der Waals surface area (Å²) in [5.41, 5.74) is 0.283. The molecule has 20 heavy (non-hydrogen) atoms. The van der Waals surface area contributed by atoms with Crippen LogP contribution in [0.3, 0.4) is 0 Å². The molecule has 0 bridgehead atoms. The van der Waals surface area contributed by atoms with Crippen molar-refractivity contribution in [3.63, 3.8) is 0 Å². The number of hydrogen-bond donors (Lipinski definition) is 0. The van der Waals surface area contributed by atoms with Gasteiger partial charge in [0.2, 0.25) is 5.03 Å². The minimum Gasteiger partial charge on any atom is -0.324 e. The van der Waals surface area contributed by atoms with Gasteiger partial charge in [-0.3, -0.25) is 0 Å². The molecule has 0 spiro atoms. The van der Waals surface area contributed by atoms with E-state index in [1.165, 1.54) is 30.1 Å². The van der Waals surface area contributed by atoms with Gasteiger partial charge in [0.25, 0.3) is 10.0 Å². The molecule has 0 aliphatic rings. The number of sulfonamides is 1. The fourth-order valence-corrected chi connectivity index (χ4v) is 3.19. The number of imidazole rings is 1. The summed E-state index contributed by atoms with van der Waals surface area (Å²) in [5, 5.41) is -0.217. The van der Waals surface area contributed by atoms with Gasteiger partial charge in [-0.2, -0.15) is 4.31 Å². The number of hydrogen-bond acceptors (Lipinski definition) is 3. The van der Waals surface area contributed by atoms with Crippen LogP contribution in [0.25, 0.3) is 0 Å². The number of aromatic nitrogens is 2. The van der Waals surface area contributed by atoms with E-state index < -0.39 is 15.8 Å². The highest BCUT2D eigenvalue weighted by Gasteiger charge is 2.27. The van der Waals surface area contributed by atoms with Crippen LogP contribution in [0.1, 0.15) is 5.56 Å². The monoisotopic (exact) mass is 317 g/mol. The first-order valence-electron chi connectivity index (χ1n) is 5.70. The van der Waals surface area contributed by atoms with E-state index >= 15 is 0 Å². The minimum atomic E-state index is -3.86. The van der Waals surface area contributed by atoms with Crippen molar-refractivity contribution < 1.29 is 12.8 Å². The number of aryl methyl sites for hydroxylation is 1. The Balaban J connectivity index is 2.31. The molecule has 0 saturated carbocycles. The molecular weight excluding hydrogens is 305 g/mol. The summed E-state index contributed by atoms with van der Waals surface area (Å²) in [6, 6.07) is 6.00. The van der Waals surface area contributed by atoms with Crippen LogP contribution in [0.4, 0.5) is 4.39 Å². The molecule has 2 aromatic rings. The van der Waals surface area contributed by atoms with Crippen LogP contribution >= 0.6 is 11.6 Å². The molecule has 0 N–H and O–H groups in total. The predicted molar refractivity (Wildman–Crippen MR) is 73.3 cm³/mol. The summed E-state index contributed by atoms with van der Waals surface area (Å²) in [6.45, 7) is -0.0953. The van der Waals surface area contributed by atoms with E-state index in [0.717, 1.165) is 4.31 Å². The molecule has 0 aliphatic carbocycles. The van der Waals surface area contributed by atoms with Crippen LogP contribution in [0.15, 0.2) is 35.6 Å². The first-order valence-corrected chi connectivity index (χ1v) is 7.52. The van der Waals surface area contributed by atoms with E-state index in [1.807, 2.05) is 0 Å². The lowest BCUT2D eigenvalue weighted by atomic mass is 10.2. The highest BCUT2D eigenvalue weighted by atomic mass is 35.5. The van der Waals surface area contributed by atoms with Crippen molar-refractivity contribution in [3.05, 3.63) is 47.1 Å². The molecule has 0 aliphatic heterocycles. The quantitative estimate of drug-likeness (QED) is 0.867. The van der Waals surface area contributed by atoms with Crippen LogP contribution in [0, 0.1) is 5.82 Å². The van der Waals surface area contributed by atoms with Crippen LogP contribution in [0.2, 0.25) is 5.15 Å². The lowest BCUT2D eigenvalue weighted by Gasteiger charge is -2.16. The van der Waals surface area contributed by atoms with Crippen LogP contribution < -0.4 is 0 Å². The maximum absolute atomic E-state index is 13.6. The van der Waals surface area contributed by atoms with Gasteiger partial charge < -0.3 is 4.57 Å². The Morgan fingerprint density at radius 3 is 2.60 bits per heavy atom. The minimum absolute atomic E-state index is 0.0189. The molecule has 108 valence electrons. The average molecular weight is 318 g/mol. The molecule has 0 amide bonds. The lowest BCUT2D eigenvalue weighted by Crippen LogP contribution is -2.27. The first-order chi connectivity index (χ1) is 9.34. The smallest absolute Gasteiger partial charge is 0.263 e. The zero-order valence-corrected chi connectivity index (χ0v) is 12.5. The maximum Gasteiger partial charge on any atom is 0.263 e. The van der Waals surface area contributed by atoms with Gasteiger partial charge in [-0.15, -0.1) is 0 Å². The number of rotatable bonds is 4. The molecule has 0 radical (unpaired) electrons. The van der Waals surface area contributed by atoms with E-state index in [2.05, 4.69) is 4.98 Å². The molecular formula is C12H13ClFN3O2S. The Hall–Kier alpha value is -1.44. The second-order valence-corrected chi connectivity index (χ2v) is 6.62. The molecule has 0 saturated heterocycles. The third kappa shape index (κ3) is 2.70. The number of halogens is 2. The standard InChI is InChI=1S/C12H13ClFN3O2S/c1-16-8-15-12(11(16)13)20(18,19)17(2)7-9-5-3-4-6-10(9)14/h3-6,8H,7H2,1-2H3. The lowest BCUT2D eigenvalue weighted by molar-refractivity contribution is 0.454. The van der Waals surface area contributed by atoms with Gasteiger partial charge in [0, 0.05) is 26.2 Å². The molecule has 8 heteroatoms. The van der Waals surface area contributed by atoms with Gasteiger partial charge in [-0.05, 0) is 6.07 Å². The average Bonchev–Trinajstić information content (AvgIpc) is 2.73. The van der Waals surface area contributed by atoms with Crippen LogP contribution in [0.5, 0.6) is 0 Å². The molecule has 1 aromatic carbocycles. The van der Waals surface area contributed by atoms with E-state index in [1.54, 1.807) is 19.2 Å². The molecule has 5 nitrogen and oxygen atoms in total. The van der Waals surface area contributed by atoms with Gasteiger partial charge in [-0.25, -0.2) is 17.8 Å². The third-order valence-electron chi connectivity index (χ3n) is 2.84. The maximum atomic E-state index is 13.6. The zero-order chi connectivity index (χ0) is 14.9. The predicted octanol–water partition coefficient (Wildman–Crippen LogP) is 2.03. The SMILES string of the molecule is CN(Cc1ccccc1F)S(=O)(=O)c1ncn(C)c1Cl. The van der Waals surface area contributed by atoms with Crippen molar-refractivity contribution in [2.75, 3.05) is 7.05 Å². The third-order valence-corrected chi connectivity index (χ3v) is 5.13. The van der Waals surface area contributed by atoms with Crippen molar-refractivity contribution in [1.82, 2.24) is 13.9 Å². The van der Waals surface area contributed by atoms with Gasteiger partial charge in [0.1, 0.15) is 11.0 Å². The van der Waals surface area contributed by atoms with Crippen molar-refractivity contribution in [3.8, 4) is 0 Å². The second kappa shape index (κ2) is 5.51. The van der Waals surface area contributed by atoms with Crippen molar-refractivity contribution in [1.29, 1.82) is 0 Å². The van der Waals surface area contributed by atoms with E-state index in [-0.39, 0.29) is 22.3 Å². The summed E-state index contributed by atoms with van der Waals surface area (Å²) in [5.74, 6) is -0.457. The number of benzene rings is 1. The molecule has 0 unspecified atom stereocenters. The Kier molecular flexibility index (Phi) is 4.12. The summed E-state index contributed by atoms with van der Waals surface area (Å²) in [4.78, 5) is 3.78. The van der Waals surface area contributed by atoms with Gasteiger partial charge >= 0.3 is 0 Å². The fourth-order valence-electron chi connectivity index (χ4n) is 1.67. The Bertz CT molecular complexity index is 730. The molecule has 1 heterocycles. The van der Waals surface area contributed by atoms with Crippen molar-refractivity contribution in [2.24, 2.45) is 7.05 Å². The molecule has 0 fully saturated rings. The first kappa shape index (κ1) is 15.0. The Morgan fingerprint density at radius 2 is 2.05 bits per heavy atom. The van der Waals surface area contributed by atoms with Crippen LogP contribution in [-0.4, -0.2) is 29.3 Å². The van der Waals surface area contributed by atoms with Crippen molar-refractivity contribution in [2.45, 2.75) is 11.6 Å². The van der Waals surface area contributed by atoms with Gasteiger partial charge in [0.05, 0.1) is 6.33 Å². The molecule has 1 aromatic heterocycles. The Morgan fingerprint density at radius 1 is 1.40 bits per heavy atom. The summed E-state index contributed by atoms with van der Waals surface area (Å²) < 4.78 is 40.6. The Labute approximate surface area is 121 Å². The summed E-state index contributed by atoms with van der Waals surface area (Å²) in [6.07, 6.45) is 1.31. The van der Waals surface area contributed by atoms with Crippen molar-refractivity contribution >= 4 is 21.6 Å². The number of nitrogens with zero attached hydrogens (tertiary/aromatic N) is 3. The topological polar surface area (TPSA) is 55.2 Å². The normalized spacial score (nSPS) is 12.1. The van der Waals surface area contributed by atoms with E-state index in [4.69, 9.17) is 11.6 Å². The summed E-state index contributed by atoms with van der Waals surface area (Å²) in [7, 11) is -0.919. The fraction of sp³-hybridized carbons (Fsp3) is 0.250. The highest BCUT2D eigenvalue weighted by Crippen LogP contribution is 2.23. The zero-order valence-electron chi connectivity index (χ0n) is 10.9. The second-order valence-electron chi connectivity index (χ2n) is 4.30. The van der Waals surface area contributed by atoms with Crippen LogP contribution in [-0.2, 0) is 23.6 Å². The summed E-state index contributed by atoms with van der Waals surface area (Å²) >= 11 is 5.89. The largest absolute Gasteiger partial charge is 0.324 e. The van der Waals surface area contributed by atoms with E-state index in [0.29, 0.717) is 0 Å². The highest BCUT2D eigenvalue weighted by molar-refractivity contribution is 7.89. The van der Waals surface area contributed by atoms with Gasteiger partial charge in [0.15, 0.2) is 0 Å².